The van der Waals surface area contributed by atoms with Gasteiger partial charge in [0.05, 0.1) is 29.7 Å². The molecule has 0 aliphatic rings. The van der Waals surface area contributed by atoms with Crippen molar-refractivity contribution in [1.29, 1.82) is 0 Å². The van der Waals surface area contributed by atoms with Gasteiger partial charge in [-0.2, -0.15) is 0 Å². The Morgan fingerprint density at radius 2 is 2.15 bits per heavy atom. The van der Waals surface area contributed by atoms with Gasteiger partial charge in [0, 0.05) is 13.1 Å². The first kappa shape index (κ1) is 19.7. The summed E-state index contributed by atoms with van der Waals surface area (Å²) in [6.45, 7) is 5.79. The van der Waals surface area contributed by atoms with Crippen molar-refractivity contribution < 1.29 is 14.3 Å². The van der Waals surface area contributed by atoms with Crippen molar-refractivity contribution in [2.75, 3.05) is 13.7 Å². The smallest absolute Gasteiger partial charge is 0.307 e. The van der Waals surface area contributed by atoms with Gasteiger partial charge in [-0.05, 0) is 19.1 Å². The number of hydrogen-bond acceptors (Lipinski definition) is 6. The van der Waals surface area contributed by atoms with Crippen LogP contribution in [-0.4, -0.2) is 40.3 Å². The Hall–Kier alpha value is -2.61. The van der Waals surface area contributed by atoms with Crippen LogP contribution in [0.3, 0.4) is 0 Å². The van der Waals surface area contributed by atoms with Crippen LogP contribution in [0.1, 0.15) is 13.3 Å². The quantitative estimate of drug-likeness (QED) is 0.327. The van der Waals surface area contributed by atoms with E-state index in [1.54, 1.807) is 37.3 Å². The van der Waals surface area contributed by atoms with Gasteiger partial charge in [-0.3, -0.25) is 19.0 Å². The molecule has 1 amide bonds. The molecule has 1 atom stereocenters. The van der Waals surface area contributed by atoms with Crippen molar-refractivity contribution in [1.82, 2.24) is 14.9 Å². The van der Waals surface area contributed by atoms with Gasteiger partial charge < -0.3 is 10.1 Å². The third-order valence-electron chi connectivity index (χ3n) is 3.67. The number of nitrogens with zero attached hydrogens (tertiary/aromatic N) is 2. The van der Waals surface area contributed by atoms with Crippen LogP contribution in [0.5, 0.6) is 0 Å². The number of fused-ring (bicyclic) bond motifs is 1. The van der Waals surface area contributed by atoms with Crippen LogP contribution >= 0.6 is 11.8 Å². The molecule has 1 heterocycles. The maximum atomic E-state index is 12.8. The summed E-state index contributed by atoms with van der Waals surface area (Å²) in [5.41, 5.74) is 0.300. The molecule has 0 aliphatic heterocycles. The standard InChI is InChI=1S/C18H21N3O4S/c1-4-10-19-16(23)12(2)26-18-20-14-8-6-5-7-13(14)17(24)21(18)11-9-15(22)25-3/h4-8,12H,1,9-11H2,2-3H3,(H,19,23)/t12-/m1/s1. The third-order valence-corrected chi connectivity index (χ3v) is 4.76. The van der Waals surface area contributed by atoms with Crippen LogP contribution in [0.2, 0.25) is 0 Å². The molecule has 138 valence electrons. The molecule has 8 heteroatoms. The summed E-state index contributed by atoms with van der Waals surface area (Å²) in [5.74, 6) is -0.602. The van der Waals surface area contributed by atoms with E-state index in [0.717, 1.165) is 0 Å². The molecular formula is C18H21N3O4S. The Kier molecular flexibility index (Phi) is 6.97. The molecule has 2 aromatic rings. The van der Waals surface area contributed by atoms with E-state index in [1.807, 2.05) is 0 Å². The Bertz CT molecular complexity index is 878. The summed E-state index contributed by atoms with van der Waals surface area (Å²) in [4.78, 5) is 40.9. The van der Waals surface area contributed by atoms with Gasteiger partial charge in [-0.1, -0.05) is 30.0 Å². The average Bonchev–Trinajstić information content (AvgIpc) is 2.65. The van der Waals surface area contributed by atoms with Crippen LogP contribution in [-0.2, 0) is 20.9 Å². The van der Waals surface area contributed by atoms with Crippen molar-refractivity contribution in [3.63, 3.8) is 0 Å². The summed E-state index contributed by atoms with van der Waals surface area (Å²) in [6.07, 6.45) is 1.64. The fourth-order valence-corrected chi connectivity index (χ4v) is 3.23. The van der Waals surface area contributed by atoms with E-state index in [4.69, 9.17) is 0 Å². The van der Waals surface area contributed by atoms with Gasteiger partial charge >= 0.3 is 5.97 Å². The summed E-state index contributed by atoms with van der Waals surface area (Å²) in [7, 11) is 1.30. The zero-order chi connectivity index (χ0) is 19.1. The molecule has 0 saturated heterocycles. The Morgan fingerprint density at radius 3 is 2.85 bits per heavy atom. The van der Waals surface area contributed by atoms with E-state index >= 15 is 0 Å². The molecule has 1 N–H and O–H groups in total. The van der Waals surface area contributed by atoms with Gasteiger partial charge in [0.15, 0.2) is 5.16 Å². The Morgan fingerprint density at radius 1 is 1.42 bits per heavy atom. The van der Waals surface area contributed by atoms with Crippen LogP contribution in [0.25, 0.3) is 10.9 Å². The van der Waals surface area contributed by atoms with Crippen LogP contribution in [0.15, 0.2) is 46.9 Å². The van der Waals surface area contributed by atoms with Crippen molar-refractivity contribution >= 4 is 34.5 Å². The number of esters is 1. The number of amides is 1. The molecule has 1 aromatic heterocycles. The number of nitrogens with one attached hydrogen (secondary N) is 1. The lowest BCUT2D eigenvalue weighted by Crippen LogP contribution is -2.32. The maximum Gasteiger partial charge on any atom is 0.307 e. The summed E-state index contributed by atoms with van der Waals surface area (Å²) in [5, 5.41) is 3.10. The number of benzene rings is 1. The molecule has 0 saturated carbocycles. The highest BCUT2D eigenvalue weighted by atomic mass is 32.2. The Labute approximate surface area is 155 Å². The van der Waals surface area contributed by atoms with E-state index in [9.17, 15) is 14.4 Å². The molecule has 1 aromatic carbocycles. The van der Waals surface area contributed by atoms with Crippen molar-refractivity contribution in [2.45, 2.75) is 30.3 Å². The van der Waals surface area contributed by atoms with Gasteiger partial charge in [0.1, 0.15) is 0 Å². The number of rotatable bonds is 8. The zero-order valence-electron chi connectivity index (χ0n) is 14.7. The number of carbonyl (C=O) groups excluding carboxylic acids is 2. The topological polar surface area (TPSA) is 90.3 Å². The summed E-state index contributed by atoms with van der Waals surface area (Å²) in [6, 6.07) is 6.98. The minimum absolute atomic E-state index is 0.0427. The molecule has 0 unspecified atom stereocenters. The molecule has 26 heavy (non-hydrogen) atoms. The van der Waals surface area contributed by atoms with Crippen LogP contribution in [0, 0.1) is 0 Å². The second-order valence-electron chi connectivity index (χ2n) is 5.49. The molecule has 2 rings (SSSR count). The number of para-hydroxylation sites is 1. The lowest BCUT2D eigenvalue weighted by molar-refractivity contribution is -0.140. The highest BCUT2D eigenvalue weighted by Gasteiger charge is 2.19. The predicted molar refractivity (Wildman–Crippen MR) is 101 cm³/mol. The minimum atomic E-state index is -0.465. The molecule has 7 nitrogen and oxygen atoms in total. The molecule has 0 radical (unpaired) electrons. The third kappa shape index (κ3) is 4.72. The monoisotopic (exact) mass is 375 g/mol. The number of ether oxygens (including phenoxy) is 1. The number of aromatic nitrogens is 2. The average molecular weight is 375 g/mol. The summed E-state index contributed by atoms with van der Waals surface area (Å²) < 4.78 is 6.07. The van der Waals surface area contributed by atoms with Gasteiger partial charge in [0.2, 0.25) is 5.91 Å². The molecule has 0 bridgehead atoms. The van der Waals surface area contributed by atoms with E-state index in [1.165, 1.54) is 23.4 Å². The lowest BCUT2D eigenvalue weighted by atomic mass is 10.2. The fraction of sp³-hybridized carbons (Fsp3) is 0.333. The van der Waals surface area contributed by atoms with Gasteiger partial charge in [-0.25, -0.2) is 4.98 Å². The molecule has 0 fully saturated rings. The van der Waals surface area contributed by atoms with Crippen LogP contribution in [0.4, 0.5) is 0 Å². The van der Waals surface area contributed by atoms with Crippen molar-refractivity contribution in [3.8, 4) is 0 Å². The minimum Gasteiger partial charge on any atom is -0.469 e. The number of methoxy groups -OCH3 is 1. The Balaban J connectivity index is 2.38. The molecule has 0 aliphatic carbocycles. The number of thioether (sulfide) groups is 1. The molecular weight excluding hydrogens is 354 g/mol. The fourth-order valence-electron chi connectivity index (χ4n) is 2.27. The summed E-state index contributed by atoms with van der Waals surface area (Å²) >= 11 is 1.17. The first-order chi connectivity index (χ1) is 12.5. The predicted octanol–water partition coefficient (Wildman–Crippen LogP) is 1.74. The van der Waals surface area contributed by atoms with E-state index < -0.39 is 11.2 Å². The van der Waals surface area contributed by atoms with Crippen LogP contribution < -0.4 is 10.9 Å². The second-order valence-corrected chi connectivity index (χ2v) is 6.80. The second kappa shape index (κ2) is 9.19. The van der Waals surface area contributed by atoms with Crippen molar-refractivity contribution in [3.05, 3.63) is 47.3 Å². The largest absolute Gasteiger partial charge is 0.469 e. The first-order valence-corrected chi connectivity index (χ1v) is 8.97. The normalized spacial score (nSPS) is 11.8. The highest BCUT2D eigenvalue weighted by molar-refractivity contribution is 8.00. The zero-order valence-corrected chi connectivity index (χ0v) is 15.5. The first-order valence-electron chi connectivity index (χ1n) is 8.09. The number of carbonyl (C=O) groups is 2. The lowest BCUT2D eigenvalue weighted by Gasteiger charge is -2.15. The highest BCUT2D eigenvalue weighted by Crippen LogP contribution is 2.23. The van der Waals surface area contributed by atoms with Gasteiger partial charge in [0.25, 0.3) is 5.56 Å². The van der Waals surface area contributed by atoms with E-state index in [2.05, 4.69) is 21.6 Å². The van der Waals surface area contributed by atoms with E-state index in [-0.39, 0.29) is 24.4 Å². The maximum absolute atomic E-state index is 12.8. The van der Waals surface area contributed by atoms with E-state index in [0.29, 0.717) is 22.6 Å². The number of hydrogen-bond donors (Lipinski definition) is 1. The molecule has 0 spiro atoms. The van der Waals surface area contributed by atoms with Crippen molar-refractivity contribution in [2.24, 2.45) is 0 Å². The van der Waals surface area contributed by atoms with Gasteiger partial charge in [-0.15, -0.1) is 6.58 Å². The SMILES string of the molecule is C=CCNC(=O)[C@@H](C)Sc1nc2ccccc2c(=O)n1CCC(=O)OC.